The molecule has 3 rings (SSSR count). The molecule has 0 saturated carbocycles. The van der Waals surface area contributed by atoms with Gasteiger partial charge in [-0.2, -0.15) is 0 Å². The SMILES string of the molecule is O=C(COC(=O)c1ccc(-c2ccc(F)cc2)s1)NC1CCS(=O)(=O)C1. The number of benzene rings is 1. The number of hydrogen-bond donors (Lipinski definition) is 1. The van der Waals surface area contributed by atoms with Crippen LogP contribution in [0.1, 0.15) is 16.1 Å². The fraction of sp³-hybridized carbons (Fsp3) is 0.294. The molecule has 0 spiro atoms. The topological polar surface area (TPSA) is 89.5 Å². The zero-order valence-corrected chi connectivity index (χ0v) is 15.2. The van der Waals surface area contributed by atoms with Crippen LogP contribution in [0.5, 0.6) is 0 Å². The minimum absolute atomic E-state index is 0.0547. The number of carbonyl (C=O) groups is 2. The lowest BCUT2D eigenvalue weighted by molar-refractivity contribution is -0.124. The van der Waals surface area contributed by atoms with Crippen LogP contribution in [-0.4, -0.2) is 44.4 Å². The lowest BCUT2D eigenvalue weighted by Gasteiger charge is -2.10. The van der Waals surface area contributed by atoms with E-state index in [2.05, 4.69) is 5.32 Å². The van der Waals surface area contributed by atoms with E-state index in [4.69, 9.17) is 4.74 Å². The molecule has 26 heavy (non-hydrogen) atoms. The van der Waals surface area contributed by atoms with Crippen LogP contribution in [-0.2, 0) is 19.4 Å². The first-order valence-corrected chi connectivity index (χ1v) is 10.5. The van der Waals surface area contributed by atoms with Crippen LogP contribution in [0.2, 0.25) is 0 Å². The van der Waals surface area contributed by atoms with E-state index in [9.17, 15) is 22.4 Å². The minimum Gasteiger partial charge on any atom is -0.451 e. The number of esters is 1. The Kier molecular flexibility index (Phi) is 5.38. The maximum absolute atomic E-state index is 13.0. The van der Waals surface area contributed by atoms with Gasteiger partial charge in [-0.15, -0.1) is 11.3 Å². The fourth-order valence-electron chi connectivity index (χ4n) is 2.60. The molecule has 2 aromatic rings. The van der Waals surface area contributed by atoms with E-state index in [-0.39, 0.29) is 17.3 Å². The van der Waals surface area contributed by atoms with Crippen molar-refractivity contribution in [1.82, 2.24) is 5.32 Å². The largest absolute Gasteiger partial charge is 0.451 e. The number of thiophene rings is 1. The first-order valence-electron chi connectivity index (χ1n) is 7.85. The maximum atomic E-state index is 13.0. The van der Waals surface area contributed by atoms with Crippen molar-refractivity contribution >= 4 is 33.1 Å². The van der Waals surface area contributed by atoms with Gasteiger partial charge in [0.1, 0.15) is 10.7 Å². The van der Waals surface area contributed by atoms with Crippen LogP contribution in [0.3, 0.4) is 0 Å². The van der Waals surface area contributed by atoms with Crippen LogP contribution in [0.4, 0.5) is 4.39 Å². The molecule has 1 fully saturated rings. The van der Waals surface area contributed by atoms with E-state index in [0.29, 0.717) is 11.3 Å². The quantitative estimate of drug-likeness (QED) is 0.780. The van der Waals surface area contributed by atoms with Gasteiger partial charge in [0.2, 0.25) is 0 Å². The smallest absolute Gasteiger partial charge is 0.348 e. The van der Waals surface area contributed by atoms with Crippen LogP contribution in [0, 0.1) is 5.82 Å². The molecule has 0 aliphatic carbocycles. The van der Waals surface area contributed by atoms with Gasteiger partial charge in [-0.1, -0.05) is 12.1 Å². The van der Waals surface area contributed by atoms with Crippen LogP contribution < -0.4 is 5.32 Å². The van der Waals surface area contributed by atoms with E-state index < -0.39 is 34.4 Å². The Morgan fingerprint density at radius 1 is 1.19 bits per heavy atom. The summed E-state index contributed by atoms with van der Waals surface area (Å²) in [6.07, 6.45) is 0.369. The van der Waals surface area contributed by atoms with Gasteiger partial charge in [-0.3, -0.25) is 4.79 Å². The first kappa shape index (κ1) is 18.5. The molecule has 138 valence electrons. The molecule has 1 amide bonds. The highest BCUT2D eigenvalue weighted by Gasteiger charge is 2.29. The van der Waals surface area contributed by atoms with Crippen molar-refractivity contribution in [2.45, 2.75) is 12.5 Å². The number of ether oxygens (including phenoxy) is 1. The second-order valence-electron chi connectivity index (χ2n) is 5.91. The number of sulfone groups is 1. The summed E-state index contributed by atoms with van der Waals surface area (Å²) in [4.78, 5) is 24.9. The highest BCUT2D eigenvalue weighted by molar-refractivity contribution is 7.91. The second kappa shape index (κ2) is 7.55. The average molecular weight is 397 g/mol. The van der Waals surface area contributed by atoms with E-state index in [1.54, 1.807) is 24.3 Å². The van der Waals surface area contributed by atoms with E-state index in [1.807, 2.05) is 0 Å². The highest BCUT2D eigenvalue weighted by Crippen LogP contribution is 2.28. The van der Waals surface area contributed by atoms with Crippen molar-refractivity contribution in [2.75, 3.05) is 18.1 Å². The predicted molar refractivity (Wildman–Crippen MR) is 95.2 cm³/mol. The van der Waals surface area contributed by atoms with Crippen LogP contribution in [0.25, 0.3) is 10.4 Å². The number of amides is 1. The number of halogens is 1. The molecular weight excluding hydrogens is 381 g/mol. The lowest BCUT2D eigenvalue weighted by Crippen LogP contribution is -2.38. The molecule has 2 heterocycles. The van der Waals surface area contributed by atoms with E-state index >= 15 is 0 Å². The normalized spacial score (nSPS) is 18.4. The number of rotatable bonds is 5. The Labute approximate surface area is 153 Å². The molecular formula is C17H16FNO5S2. The van der Waals surface area contributed by atoms with Crippen molar-refractivity contribution in [2.24, 2.45) is 0 Å². The Morgan fingerprint density at radius 2 is 1.92 bits per heavy atom. The summed E-state index contributed by atoms with van der Waals surface area (Å²) in [6, 6.07) is 8.75. The summed E-state index contributed by atoms with van der Waals surface area (Å²) in [7, 11) is -3.09. The van der Waals surface area contributed by atoms with E-state index in [1.165, 1.54) is 23.5 Å². The molecule has 1 unspecified atom stereocenters. The molecule has 1 atom stereocenters. The minimum atomic E-state index is -3.09. The van der Waals surface area contributed by atoms with Crippen molar-refractivity contribution in [1.29, 1.82) is 0 Å². The van der Waals surface area contributed by atoms with Gasteiger partial charge in [0.05, 0.1) is 11.5 Å². The molecule has 0 bridgehead atoms. The van der Waals surface area contributed by atoms with Crippen molar-refractivity contribution in [3.05, 3.63) is 47.1 Å². The average Bonchev–Trinajstić information content (AvgIpc) is 3.20. The van der Waals surface area contributed by atoms with Gasteiger partial charge in [0.25, 0.3) is 5.91 Å². The molecule has 0 radical (unpaired) electrons. The molecule has 1 aliphatic heterocycles. The fourth-order valence-corrected chi connectivity index (χ4v) is 5.18. The van der Waals surface area contributed by atoms with Gasteiger partial charge in [0, 0.05) is 10.9 Å². The highest BCUT2D eigenvalue weighted by atomic mass is 32.2. The summed E-state index contributed by atoms with van der Waals surface area (Å²) in [5, 5.41) is 2.55. The molecule has 1 aliphatic rings. The van der Waals surface area contributed by atoms with Crippen LogP contribution in [0.15, 0.2) is 36.4 Å². The molecule has 1 aromatic carbocycles. The maximum Gasteiger partial charge on any atom is 0.348 e. The lowest BCUT2D eigenvalue weighted by atomic mass is 10.2. The Hall–Kier alpha value is -2.26. The van der Waals surface area contributed by atoms with Gasteiger partial charge in [-0.05, 0) is 36.2 Å². The molecule has 9 heteroatoms. The van der Waals surface area contributed by atoms with Gasteiger partial charge in [0.15, 0.2) is 16.4 Å². The zero-order chi connectivity index (χ0) is 18.7. The third kappa shape index (κ3) is 4.67. The standard InChI is InChI=1S/C17H16FNO5S2/c18-12-3-1-11(2-4-12)14-5-6-15(25-14)17(21)24-9-16(20)19-13-7-8-26(22,23)10-13/h1-6,13H,7-10H2,(H,19,20). The van der Waals surface area contributed by atoms with Crippen molar-refractivity contribution in [3.8, 4) is 10.4 Å². The Bertz CT molecular complexity index is 921. The summed E-state index contributed by atoms with van der Waals surface area (Å²) >= 11 is 1.18. The molecule has 1 saturated heterocycles. The van der Waals surface area contributed by atoms with Crippen LogP contribution >= 0.6 is 11.3 Å². The predicted octanol–water partition coefficient (Wildman–Crippen LogP) is 2.01. The molecule has 1 aromatic heterocycles. The Morgan fingerprint density at radius 3 is 2.58 bits per heavy atom. The summed E-state index contributed by atoms with van der Waals surface area (Å²) in [6.45, 7) is -0.473. The number of hydrogen-bond acceptors (Lipinski definition) is 6. The summed E-state index contributed by atoms with van der Waals surface area (Å²) in [5.41, 5.74) is 0.774. The van der Waals surface area contributed by atoms with Crippen molar-refractivity contribution in [3.63, 3.8) is 0 Å². The molecule has 1 N–H and O–H groups in total. The zero-order valence-electron chi connectivity index (χ0n) is 13.6. The van der Waals surface area contributed by atoms with Gasteiger partial charge in [-0.25, -0.2) is 17.6 Å². The number of nitrogens with one attached hydrogen (secondary N) is 1. The number of carbonyl (C=O) groups excluding carboxylic acids is 2. The van der Waals surface area contributed by atoms with E-state index in [0.717, 1.165) is 10.4 Å². The third-order valence-corrected chi connectivity index (χ3v) is 6.75. The second-order valence-corrected chi connectivity index (χ2v) is 9.23. The van der Waals surface area contributed by atoms with Crippen molar-refractivity contribution < 1.29 is 27.1 Å². The van der Waals surface area contributed by atoms with Gasteiger partial charge >= 0.3 is 5.97 Å². The third-order valence-electron chi connectivity index (χ3n) is 3.87. The Balaban J connectivity index is 1.52. The summed E-state index contributed by atoms with van der Waals surface area (Å²) < 4.78 is 40.6. The van der Waals surface area contributed by atoms with Gasteiger partial charge < -0.3 is 10.1 Å². The molecule has 6 nitrogen and oxygen atoms in total. The first-order chi connectivity index (χ1) is 12.3. The monoisotopic (exact) mass is 397 g/mol. The summed E-state index contributed by atoms with van der Waals surface area (Å²) in [5.74, 6) is -1.54.